The molecule has 0 aromatic carbocycles. The first-order valence-electron chi connectivity index (χ1n) is 5.59. The van der Waals surface area contributed by atoms with E-state index in [2.05, 4.69) is 15.4 Å². The van der Waals surface area contributed by atoms with E-state index in [0.29, 0.717) is 18.8 Å². The summed E-state index contributed by atoms with van der Waals surface area (Å²) in [7, 11) is 1.87. The second kappa shape index (κ2) is 7.22. The number of amides is 1. The predicted molar refractivity (Wildman–Crippen MR) is 76.5 cm³/mol. The van der Waals surface area contributed by atoms with Crippen molar-refractivity contribution in [3.63, 3.8) is 0 Å². The molecule has 0 unspecified atom stereocenters. The molecule has 2 heterocycles. The lowest BCUT2D eigenvalue weighted by Gasteiger charge is -2.01. The molecular weight excluding hydrogens is 286 g/mol. The molecule has 2 rings (SSSR count). The molecule has 0 aliphatic heterocycles. The van der Waals surface area contributed by atoms with Crippen LogP contribution < -0.4 is 11.1 Å². The molecular formula is C11H16ClN5OS. The van der Waals surface area contributed by atoms with Gasteiger partial charge in [-0.1, -0.05) is 0 Å². The minimum Gasteiger partial charge on any atom is -0.350 e. The van der Waals surface area contributed by atoms with Crippen LogP contribution in [0.15, 0.2) is 17.8 Å². The summed E-state index contributed by atoms with van der Waals surface area (Å²) in [6.07, 6.45) is 4.48. The number of carbonyl (C=O) groups excluding carboxylic acids is 1. The smallest absolute Gasteiger partial charge is 0.270 e. The van der Waals surface area contributed by atoms with Gasteiger partial charge in [0.2, 0.25) is 0 Å². The Bertz CT molecular complexity index is 539. The fraction of sp³-hybridized carbons (Fsp3) is 0.364. The van der Waals surface area contributed by atoms with E-state index in [0.717, 1.165) is 17.0 Å². The van der Waals surface area contributed by atoms with Gasteiger partial charge in [-0.3, -0.25) is 9.48 Å². The first kappa shape index (κ1) is 15.6. The van der Waals surface area contributed by atoms with Gasteiger partial charge in [0.05, 0.1) is 6.20 Å². The summed E-state index contributed by atoms with van der Waals surface area (Å²) in [5.74, 6) is -0.158. The number of aromatic nitrogens is 3. The van der Waals surface area contributed by atoms with E-state index in [1.54, 1.807) is 16.3 Å². The third kappa shape index (κ3) is 4.30. The zero-order valence-electron chi connectivity index (χ0n) is 10.5. The maximum Gasteiger partial charge on any atom is 0.270 e. The Balaban J connectivity index is 0.00000180. The van der Waals surface area contributed by atoms with Gasteiger partial charge in [-0.2, -0.15) is 5.10 Å². The lowest BCUT2D eigenvalue weighted by molar-refractivity contribution is 0.0949. The van der Waals surface area contributed by atoms with Crippen molar-refractivity contribution >= 4 is 29.7 Å². The Morgan fingerprint density at radius 3 is 2.95 bits per heavy atom. The van der Waals surface area contributed by atoms with E-state index in [-0.39, 0.29) is 18.3 Å². The van der Waals surface area contributed by atoms with Crippen LogP contribution >= 0.6 is 23.7 Å². The third-order valence-electron chi connectivity index (χ3n) is 2.42. The number of hydrogen-bond acceptors (Lipinski definition) is 5. The zero-order chi connectivity index (χ0) is 13.0. The summed E-state index contributed by atoms with van der Waals surface area (Å²) in [5, 5.41) is 9.38. The number of carbonyl (C=O) groups is 1. The van der Waals surface area contributed by atoms with Crippen molar-refractivity contribution in [3.05, 3.63) is 34.0 Å². The molecule has 2 aromatic heterocycles. The summed E-state index contributed by atoms with van der Waals surface area (Å²) in [4.78, 5) is 15.9. The Morgan fingerprint density at radius 2 is 2.37 bits per heavy atom. The topological polar surface area (TPSA) is 85.8 Å². The Kier molecular flexibility index (Phi) is 5.94. The van der Waals surface area contributed by atoms with Crippen molar-refractivity contribution in [1.29, 1.82) is 0 Å². The molecule has 0 saturated carbocycles. The minimum absolute atomic E-state index is 0. The van der Waals surface area contributed by atoms with E-state index < -0.39 is 0 Å². The number of nitrogens with two attached hydrogens (primary N) is 1. The van der Waals surface area contributed by atoms with Crippen LogP contribution in [0.1, 0.15) is 21.1 Å². The van der Waals surface area contributed by atoms with E-state index >= 15 is 0 Å². The monoisotopic (exact) mass is 301 g/mol. The largest absolute Gasteiger partial charge is 0.350 e. The van der Waals surface area contributed by atoms with Crippen molar-refractivity contribution in [3.8, 4) is 0 Å². The molecule has 0 aliphatic carbocycles. The standard InChI is InChI=1S/C11H15N5OS.ClH/c1-16-6-8(5-14-16)2-3-13-11(17)9-7-18-10(4-12)15-9;/h5-7H,2-4,12H2,1H3,(H,13,17);1H. The van der Waals surface area contributed by atoms with Crippen molar-refractivity contribution in [2.75, 3.05) is 6.54 Å². The van der Waals surface area contributed by atoms with Crippen LogP contribution in [0.4, 0.5) is 0 Å². The van der Waals surface area contributed by atoms with Gasteiger partial charge in [-0.25, -0.2) is 4.98 Å². The quantitative estimate of drug-likeness (QED) is 0.852. The number of nitrogens with one attached hydrogen (secondary N) is 1. The zero-order valence-corrected chi connectivity index (χ0v) is 12.1. The molecule has 0 bridgehead atoms. The van der Waals surface area contributed by atoms with Crippen LogP contribution in [0, 0.1) is 0 Å². The minimum atomic E-state index is -0.158. The lowest BCUT2D eigenvalue weighted by Crippen LogP contribution is -2.26. The first-order valence-corrected chi connectivity index (χ1v) is 6.47. The van der Waals surface area contributed by atoms with Crippen LogP contribution in [0.5, 0.6) is 0 Å². The molecule has 104 valence electrons. The molecule has 2 aromatic rings. The normalized spacial score (nSPS) is 10.0. The van der Waals surface area contributed by atoms with Gasteiger partial charge in [0, 0.05) is 31.7 Å². The highest BCUT2D eigenvalue weighted by molar-refractivity contribution is 7.09. The van der Waals surface area contributed by atoms with Gasteiger partial charge in [-0.05, 0) is 12.0 Å². The van der Waals surface area contributed by atoms with Crippen LogP contribution in [0.25, 0.3) is 0 Å². The van der Waals surface area contributed by atoms with Gasteiger partial charge < -0.3 is 11.1 Å². The second-order valence-electron chi connectivity index (χ2n) is 3.86. The molecule has 6 nitrogen and oxygen atoms in total. The molecule has 1 amide bonds. The van der Waals surface area contributed by atoms with Crippen molar-refractivity contribution in [1.82, 2.24) is 20.1 Å². The second-order valence-corrected chi connectivity index (χ2v) is 4.80. The summed E-state index contributed by atoms with van der Waals surface area (Å²) < 4.78 is 1.74. The molecule has 19 heavy (non-hydrogen) atoms. The Hall–Kier alpha value is -1.44. The molecule has 3 N–H and O–H groups in total. The summed E-state index contributed by atoms with van der Waals surface area (Å²) in [6, 6.07) is 0. The fourth-order valence-corrected chi connectivity index (χ4v) is 2.18. The van der Waals surface area contributed by atoms with E-state index in [1.807, 2.05) is 13.2 Å². The predicted octanol–water partition coefficient (Wildman–Crippen LogP) is 0.730. The van der Waals surface area contributed by atoms with E-state index in [1.165, 1.54) is 11.3 Å². The fourth-order valence-electron chi connectivity index (χ4n) is 1.52. The molecule has 0 radical (unpaired) electrons. The average Bonchev–Trinajstić information content (AvgIpc) is 2.98. The van der Waals surface area contributed by atoms with Crippen LogP contribution in [-0.4, -0.2) is 27.2 Å². The van der Waals surface area contributed by atoms with Gasteiger partial charge in [0.1, 0.15) is 10.7 Å². The summed E-state index contributed by atoms with van der Waals surface area (Å²) >= 11 is 1.40. The number of hydrogen-bond donors (Lipinski definition) is 2. The Morgan fingerprint density at radius 1 is 1.58 bits per heavy atom. The summed E-state index contributed by atoms with van der Waals surface area (Å²) in [6.45, 7) is 0.938. The number of halogens is 1. The highest BCUT2D eigenvalue weighted by atomic mass is 35.5. The van der Waals surface area contributed by atoms with Gasteiger partial charge in [-0.15, -0.1) is 23.7 Å². The van der Waals surface area contributed by atoms with Crippen molar-refractivity contribution < 1.29 is 4.79 Å². The molecule has 8 heteroatoms. The number of nitrogens with zero attached hydrogens (tertiary/aromatic N) is 3. The maximum absolute atomic E-state index is 11.7. The maximum atomic E-state index is 11.7. The highest BCUT2D eigenvalue weighted by Crippen LogP contribution is 2.08. The van der Waals surface area contributed by atoms with Crippen LogP contribution in [0.2, 0.25) is 0 Å². The molecule has 0 aliphatic rings. The number of aryl methyl sites for hydroxylation is 1. The van der Waals surface area contributed by atoms with E-state index in [4.69, 9.17) is 5.73 Å². The highest BCUT2D eigenvalue weighted by Gasteiger charge is 2.09. The third-order valence-corrected chi connectivity index (χ3v) is 3.29. The number of rotatable bonds is 5. The Labute approximate surface area is 121 Å². The average molecular weight is 302 g/mol. The van der Waals surface area contributed by atoms with Gasteiger partial charge >= 0.3 is 0 Å². The van der Waals surface area contributed by atoms with Crippen LogP contribution in [0.3, 0.4) is 0 Å². The van der Waals surface area contributed by atoms with Gasteiger partial charge in [0.25, 0.3) is 5.91 Å². The van der Waals surface area contributed by atoms with Crippen molar-refractivity contribution in [2.24, 2.45) is 12.8 Å². The number of thiazole rings is 1. The van der Waals surface area contributed by atoms with Gasteiger partial charge in [0.15, 0.2) is 0 Å². The SMILES string of the molecule is Cl.Cn1cc(CCNC(=O)c2csc(CN)n2)cn1. The molecule has 0 atom stereocenters. The van der Waals surface area contributed by atoms with Crippen LogP contribution in [-0.2, 0) is 20.0 Å². The molecule has 0 spiro atoms. The molecule has 0 saturated heterocycles. The van der Waals surface area contributed by atoms with E-state index in [9.17, 15) is 4.79 Å². The summed E-state index contributed by atoms with van der Waals surface area (Å²) in [5.41, 5.74) is 6.98. The molecule has 0 fully saturated rings. The van der Waals surface area contributed by atoms with Crippen molar-refractivity contribution in [2.45, 2.75) is 13.0 Å². The first-order chi connectivity index (χ1) is 8.69. The lowest BCUT2D eigenvalue weighted by atomic mass is 10.2.